The molecule has 0 aliphatic carbocycles. The highest BCUT2D eigenvalue weighted by atomic mass is 16.4. The van der Waals surface area contributed by atoms with Crippen LogP contribution in [0.25, 0.3) is 0 Å². The Labute approximate surface area is 96.0 Å². The van der Waals surface area contributed by atoms with Crippen molar-refractivity contribution in [2.75, 3.05) is 20.1 Å². The van der Waals surface area contributed by atoms with Gasteiger partial charge in [0.2, 0.25) is 5.91 Å². The summed E-state index contributed by atoms with van der Waals surface area (Å²) >= 11 is 0. The molecule has 2 atom stereocenters. The van der Waals surface area contributed by atoms with Crippen molar-refractivity contribution in [3.63, 3.8) is 0 Å². The largest absolute Gasteiger partial charge is 0.481 e. The minimum atomic E-state index is -0.915. The van der Waals surface area contributed by atoms with Crippen molar-refractivity contribution >= 4 is 11.9 Å². The molecular formula is C11H20N2O3. The van der Waals surface area contributed by atoms with Crippen LogP contribution < -0.4 is 0 Å². The van der Waals surface area contributed by atoms with Crippen molar-refractivity contribution < 1.29 is 14.7 Å². The molecule has 0 aromatic carbocycles. The first-order valence-electron chi connectivity index (χ1n) is 5.69. The summed E-state index contributed by atoms with van der Waals surface area (Å²) < 4.78 is 0. The third-order valence-corrected chi connectivity index (χ3v) is 3.02. The lowest BCUT2D eigenvalue weighted by Gasteiger charge is -2.43. The highest BCUT2D eigenvalue weighted by Crippen LogP contribution is 2.18. The van der Waals surface area contributed by atoms with Gasteiger partial charge in [-0.25, -0.2) is 0 Å². The fourth-order valence-electron chi connectivity index (χ4n) is 2.30. The van der Waals surface area contributed by atoms with Crippen molar-refractivity contribution in [2.45, 2.75) is 38.8 Å². The second kappa shape index (κ2) is 5.30. The van der Waals surface area contributed by atoms with Gasteiger partial charge >= 0.3 is 5.97 Å². The Kier molecular flexibility index (Phi) is 4.29. The average molecular weight is 228 g/mol. The minimum Gasteiger partial charge on any atom is -0.481 e. The third-order valence-electron chi connectivity index (χ3n) is 3.02. The lowest BCUT2D eigenvalue weighted by atomic mass is 10.0. The van der Waals surface area contributed by atoms with E-state index in [-0.39, 0.29) is 18.4 Å². The third kappa shape index (κ3) is 2.72. The van der Waals surface area contributed by atoms with E-state index in [0.29, 0.717) is 6.54 Å². The van der Waals surface area contributed by atoms with Crippen molar-refractivity contribution in [1.82, 2.24) is 9.80 Å². The molecule has 2 unspecified atom stereocenters. The smallest absolute Gasteiger partial charge is 0.305 e. The molecule has 92 valence electrons. The summed E-state index contributed by atoms with van der Waals surface area (Å²) in [6, 6.07) is -0.266. The van der Waals surface area contributed by atoms with Crippen LogP contribution in [0.2, 0.25) is 0 Å². The van der Waals surface area contributed by atoms with E-state index in [1.165, 1.54) is 0 Å². The van der Waals surface area contributed by atoms with E-state index in [1.807, 2.05) is 18.7 Å². The summed E-state index contributed by atoms with van der Waals surface area (Å²) in [5, 5.41) is 8.84. The van der Waals surface area contributed by atoms with Crippen LogP contribution in [0.5, 0.6) is 0 Å². The van der Waals surface area contributed by atoms with Crippen molar-refractivity contribution in [3.05, 3.63) is 0 Å². The summed E-state index contributed by atoms with van der Waals surface area (Å²) in [6.07, 6.45) is 0.824. The van der Waals surface area contributed by atoms with Crippen molar-refractivity contribution in [1.29, 1.82) is 0 Å². The fourth-order valence-corrected chi connectivity index (χ4v) is 2.30. The van der Waals surface area contributed by atoms with Gasteiger partial charge in [0, 0.05) is 19.6 Å². The molecule has 5 heteroatoms. The number of likely N-dealkylation sites (N-methyl/N-ethyl adjacent to an activating group) is 1. The molecule has 0 aromatic heterocycles. The quantitative estimate of drug-likeness (QED) is 0.756. The van der Waals surface area contributed by atoms with Crippen LogP contribution in [0.4, 0.5) is 0 Å². The number of aliphatic carboxylic acids is 1. The van der Waals surface area contributed by atoms with Crippen molar-refractivity contribution in [2.24, 2.45) is 0 Å². The molecule has 1 amide bonds. The topological polar surface area (TPSA) is 60.9 Å². The van der Waals surface area contributed by atoms with E-state index in [9.17, 15) is 9.59 Å². The Morgan fingerprint density at radius 1 is 1.56 bits per heavy atom. The van der Waals surface area contributed by atoms with E-state index in [4.69, 9.17) is 5.11 Å². The van der Waals surface area contributed by atoms with Gasteiger partial charge in [0.25, 0.3) is 0 Å². The summed E-state index contributed by atoms with van der Waals surface area (Å²) in [5.41, 5.74) is 0. The zero-order valence-corrected chi connectivity index (χ0v) is 10.1. The first-order chi connectivity index (χ1) is 7.47. The minimum absolute atomic E-state index is 0.0750. The second-order valence-electron chi connectivity index (χ2n) is 4.42. The average Bonchev–Trinajstić information content (AvgIpc) is 2.19. The molecule has 16 heavy (non-hydrogen) atoms. The lowest BCUT2D eigenvalue weighted by Crippen LogP contribution is -2.60. The van der Waals surface area contributed by atoms with Gasteiger partial charge < -0.3 is 10.0 Å². The number of nitrogens with zero attached hydrogens (tertiary/aromatic N) is 2. The molecular weight excluding hydrogens is 208 g/mol. The van der Waals surface area contributed by atoms with Crippen LogP contribution in [-0.4, -0.2) is 59.0 Å². The molecule has 1 heterocycles. The SMILES string of the molecule is CCCN1C(C)CN(C)C(=O)C1CC(=O)O. The van der Waals surface area contributed by atoms with Gasteiger partial charge in [-0.1, -0.05) is 6.92 Å². The Hall–Kier alpha value is -1.10. The Morgan fingerprint density at radius 3 is 2.69 bits per heavy atom. The van der Waals surface area contributed by atoms with Gasteiger partial charge in [-0.15, -0.1) is 0 Å². The molecule has 0 spiro atoms. The number of carboxylic acids is 1. The van der Waals surface area contributed by atoms with Crippen LogP contribution >= 0.6 is 0 Å². The van der Waals surface area contributed by atoms with E-state index in [1.54, 1.807) is 11.9 Å². The molecule has 1 N–H and O–H groups in total. The molecule has 5 nitrogen and oxygen atoms in total. The number of rotatable bonds is 4. The fraction of sp³-hybridized carbons (Fsp3) is 0.818. The van der Waals surface area contributed by atoms with Crippen LogP contribution in [0.1, 0.15) is 26.7 Å². The van der Waals surface area contributed by atoms with Crippen LogP contribution in [-0.2, 0) is 9.59 Å². The first kappa shape index (κ1) is 13.0. The molecule has 1 aliphatic rings. The highest BCUT2D eigenvalue weighted by molar-refractivity contribution is 5.86. The van der Waals surface area contributed by atoms with Gasteiger partial charge in [-0.3, -0.25) is 14.5 Å². The normalized spacial score (nSPS) is 27.2. The van der Waals surface area contributed by atoms with Gasteiger partial charge in [-0.2, -0.15) is 0 Å². The van der Waals surface area contributed by atoms with Gasteiger partial charge in [0.1, 0.15) is 6.04 Å². The monoisotopic (exact) mass is 228 g/mol. The number of amides is 1. The second-order valence-corrected chi connectivity index (χ2v) is 4.42. The standard InChI is InChI=1S/C11H20N2O3/c1-4-5-13-8(2)7-12(3)11(16)9(13)6-10(14)15/h8-9H,4-7H2,1-3H3,(H,14,15). The molecule has 1 aliphatic heterocycles. The molecule has 0 radical (unpaired) electrons. The van der Waals surface area contributed by atoms with E-state index in [0.717, 1.165) is 13.0 Å². The Bertz CT molecular complexity index is 280. The van der Waals surface area contributed by atoms with Gasteiger partial charge in [0.15, 0.2) is 0 Å². The number of piperazine rings is 1. The predicted molar refractivity (Wildman–Crippen MR) is 60.1 cm³/mol. The number of hydrogen-bond acceptors (Lipinski definition) is 3. The predicted octanol–water partition coefficient (Wildman–Crippen LogP) is 0.402. The maximum Gasteiger partial charge on any atom is 0.305 e. The van der Waals surface area contributed by atoms with Gasteiger partial charge in [-0.05, 0) is 19.9 Å². The first-order valence-corrected chi connectivity index (χ1v) is 5.69. The maximum atomic E-state index is 11.9. The number of carbonyl (C=O) groups excluding carboxylic acids is 1. The molecule has 1 rings (SSSR count). The van der Waals surface area contributed by atoms with Crippen LogP contribution in [0.15, 0.2) is 0 Å². The van der Waals surface area contributed by atoms with Crippen LogP contribution in [0, 0.1) is 0 Å². The molecule has 1 saturated heterocycles. The lowest BCUT2D eigenvalue weighted by molar-refractivity contribution is -0.150. The zero-order valence-electron chi connectivity index (χ0n) is 10.1. The number of carbonyl (C=O) groups is 2. The van der Waals surface area contributed by atoms with E-state index in [2.05, 4.69) is 0 Å². The maximum absolute atomic E-state index is 11.9. The van der Waals surface area contributed by atoms with Crippen LogP contribution in [0.3, 0.4) is 0 Å². The molecule has 0 bridgehead atoms. The van der Waals surface area contributed by atoms with Gasteiger partial charge in [0.05, 0.1) is 6.42 Å². The molecule has 1 fully saturated rings. The Morgan fingerprint density at radius 2 is 2.19 bits per heavy atom. The van der Waals surface area contributed by atoms with E-state index >= 15 is 0 Å². The summed E-state index contributed by atoms with van der Waals surface area (Å²) in [7, 11) is 1.73. The highest BCUT2D eigenvalue weighted by Gasteiger charge is 2.37. The summed E-state index contributed by atoms with van der Waals surface area (Å²) in [5.74, 6) is -0.990. The number of hydrogen-bond donors (Lipinski definition) is 1. The van der Waals surface area contributed by atoms with Crippen molar-refractivity contribution in [3.8, 4) is 0 Å². The summed E-state index contributed by atoms with van der Waals surface area (Å²) in [6.45, 7) is 5.52. The Balaban J connectivity index is 2.83. The number of carboxylic acid groups (broad SMARTS) is 1. The van der Waals surface area contributed by atoms with E-state index < -0.39 is 12.0 Å². The molecule has 0 saturated carbocycles. The molecule has 0 aromatic rings. The zero-order chi connectivity index (χ0) is 12.3. The summed E-state index contributed by atoms with van der Waals surface area (Å²) in [4.78, 5) is 26.3.